The minimum atomic E-state index is 1.10. The van der Waals surface area contributed by atoms with Crippen molar-refractivity contribution >= 4 is 0 Å². The van der Waals surface area contributed by atoms with Gasteiger partial charge in [0.25, 0.3) is 0 Å². The maximum absolute atomic E-state index is 4.01. The van der Waals surface area contributed by atoms with Crippen LogP contribution in [0.3, 0.4) is 0 Å². The Kier molecular flexibility index (Phi) is 3.07. The average Bonchev–Trinajstić information content (AvgIpc) is 2.21. The summed E-state index contributed by atoms with van der Waals surface area (Å²) >= 11 is 0. The minimum Gasteiger partial charge on any atom is -0.0915 e. The maximum Gasteiger partial charge on any atom is -0.0196 e. The van der Waals surface area contributed by atoms with Crippen molar-refractivity contribution < 1.29 is 0 Å². The molecule has 0 bridgehead atoms. The molecule has 1 aliphatic carbocycles. The van der Waals surface area contributed by atoms with Crippen molar-refractivity contribution in [1.29, 1.82) is 0 Å². The Hall–Kier alpha value is -1.30. The van der Waals surface area contributed by atoms with E-state index in [0.29, 0.717) is 0 Å². The highest BCUT2D eigenvalue weighted by atomic mass is 14.1. The molecule has 0 atom stereocenters. The van der Waals surface area contributed by atoms with E-state index in [1.807, 2.05) is 6.92 Å². The van der Waals surface area contributed by atoms with Gasteiger partial charge in [0.15, 0.2) is 0 Å². The first-order valence-corrected chi connectivity index (χ1v) is 4.55. The summed E-state index contributed by atoms with van der Waals surface area (Å²) < 4.78 is 0. The van der Waals surface area contributed by atoms with E-state index >= 15 is 0 Å². The first kappa shape index (κ1) is 9.79. The molecule has 0 amide bonds. The molecule has 68 valence electrons. The van der Waals surface area contributed by atoms with Gasteiger partial charge in [-0.2, -0.15) is 0 Å². The molecular formula is C13H16. The second-order valence-corrected chi connectivity index (χ2v) is 3.27. The number of hydrogen-bond donors (Lipinski definition) is 0. The summed E-state index contributed by atoms with van der Waals surface area (Å²) in [6.45, 7) is 10.3. The molecule has 0 heterocycles. The largest absolute Gasteiger partial charge is 0.0915 e. The van der Waals surface area contributed by atoms with E-state index in [1.165, 1.54) is 16.7 Å². The Morgan fingerprint density at radius 2 is 2.00 bits per heavy atom. The van der Waals surface area contributed by atoms with E-state index in [9.17, 15) is 0 Å². The zero-order valence-electron chi connectivity index (χ0n) is 8.59. The van der Waals surface area contributed by atoms with Gasteiger partial charge in [-0.25, -0.2) is 0 Å². The summed E-state index contributed by atoms with van der Waals surface area (Å²) in [4.78, 5) is 0. The first-order valence-electron chi connectivity index (χ1n) is 4.55. The summed E-state index contributed by atoms with van der Waals surface area (Å²) in [5.41, 5.74) is 4.95. The van der Waals surface area contributed by atoms with E-state index in [1.54, 1.807) is 0 Å². The van der Waals surface area contributed by atoms with E-state index in [2.05, 4.69) is 50.8 Å². The molecule has 0 aromatic heterocycles. The SMILES string of the molecule is C=C1C=CC=C(C)C(/C=C\C)=C1C. The Balaban J connectivity index is 3.24. The van der Waals surface area contributed by atoms with Gasteiger partial charge in [-0.15, -0.1) is 0 Å². The smallest absolute Gasteiger partial charge is 0.0196 e. The van der Waals surface area contributed by atoms with Gasteiger partial charge in [0.1, 0.15) is 0 Å². The third-order valence-corrected chi connectivity index (χ3v) is 2.29. The first-order chi connectivity index (χ1) is 6.16. The van der Waals surface area contributed by atoms with Crippen molar-refractivity contribution in [2.45, 2.75) is 20.8 Å². The Morgan fingerprint density at radius 1 is 1.31 bits per heavy atom. The Labute approximate surface area is 80.7 Å². The van der Waals surface area contributed by atoms with E-state index in [0.717, 1.165) is 5.57 Å². The van der Waals surface area contributed by atoms with Gasteiger partial charge in [0.05, 0.1) is 0 Å². The Morgan fingerprint density at radius 3 is 2.62 bits per heavy atom. The fourth-order valence-corrected chi connectivity index (χ4v) is 1.42. The van der Waals surface area contributed by atoms with Crippen LogP contribution in [0.1, 0.15) is 20.8 Å². The zero-order valence-corrected chi connectivity index (χ0v) is 8.59. The lowest BCUT2D eigenvalue weighted by Crippen LogP contribution is -1.87. The topological polar surface area (TPSA) is 0 Å². The van der Waals surface area contributed by atoms with Crippen molar-refractivity contribution in [2.75, 3.05) is 0 Å². The Bertz CT molecular complexity index is 333. The second kappa shape index (κ2) is 4.08. The van der Waals surface area contributed by atoms with Gasteiger partial charge in [0, 0.05) is 0 Å². The molecule has 1 rings (SSSR count). The van der Waals surface area contributed by atoms with E-state index in [-0.39, 0.29) is 0 Å². The van der Waals surface area contributed by atoms with Crippen LogP contribution < -0.4 is 0 Å². The molecule has 0 aromatic carbocycles. The standard InChI is InChI=1S/C13H16/c1-5-7-13-11(3)9-6-8-10(2)12(13)4/h5-9H,2H2,1,3-4H3/b7-5-. The third-order valence-electron chi connectivity index (χ3n) is 2.29. The van der Waals surface area contributed by atoms with Gasteiger partial charge >= 0.3 is 0 Å². The van der Waals surface area contributed by atoms with Crippen LogP contribution in [0.5, 0.6) is 0 Å². The molecule has 1 aliphatic rings. The summed E-state index contributed by atoms with van der Waals surface area (Å²) in [6.07, 6.45) is 10.4. The predicted molar refractivity (Wildman–Crippen MR) is 59.6 cm³/mol. The van der Waals surface area contributed by atoms with Crippen LogP contribution in [0.4, 0.5) is 0 Å². The quantitative estimate of drug-likeness (QED) is 0.561. The molecule has 0 aliphatic heterocycles. The van der Waals surface area contributed by atoms with Crippen molar-refractivity contribution in [1.82, 2.24) is 0 Å². The number of allylic oxidation sites excluding steroid dienone is 9. The fourth-order valence-electron chi connectivity index (χ4n) is 1.42. The van der Waals surface area contributed by atoms with Gasteiger partial charge in [0.2, 0.25) is 0 Å². The van der Waals surface area contributed by atoms with E-state index < -0.39 is 0 Å². The van der Waals surface area contributed by atoms with Gasteiger partial charge in [-0.05, 0) is 43.1 Å². The van der Waals surface area contributed by atoms with Gasteiger partial charge < -0.3 is 0 Å². The molecule has 0 nitrogen and oxygen atoms in total. The lowest BCUT2D eigenvalue weighted by Gasteiger charge is -2.06. The fraction of sp³-hybridized carbons (Fsp3) is 0.231. The molecule has 0 aromatic rings. The highest BCUT2D eigenvalue weighted by Gasteiger charge is 2.04. The van der Waals surface area contributed by atoms with Crippen molar-refractivity contribution in [3.8, 4) is 0 Å². The zero-order chi connectivity index (χ0) is 9.84. The molecule has 0 saturated carbocycles. The highest BCUT2D eigenvalue weighted by molar-refractivity contribution is 5.54. The number of rotatable bonds is 1. The van der Waals surface area contributed by atoms with E-state index in [4.69, 9.17) is 0 Å². The van der Waals surface area contributed by atoms with Crippen LogP contribution in [-0.2, 0) is 0 Å². The van der Waals surface area contributed by atoms with Crippen LogP contribution in [-0.4, -0.2) is 0 Å². The normalized spacial score (nSPS) is 18.1. The monoisotopic (exact) mass is 172 g/mol. The molecular weight excluding hydrogens is 156 g/mol. The van der Waals surface area contributed by atoms with Gasteiger partial charge in [-0.3, -0.25) is 0 Å². The lowest BCUT2D eigenvalue weighted by atomic mass is 9.99. The minimum absolute atomic E-state index is 1.10. The van der Waals surface area contributed by atoms with Crippen LogP contribution in [0.25, 0.3) is 0 Å². The highest BCUT2D eigenvalue weighted by Crippen LogP contribution is 2.24. The molecule has 13 heavy (non-hydrogen) atoms. The molecule has 0 unspecified atom stereocenters. The molecule has 0 radical (unpaired) electrons. The molecule has 0 saturated heterocycles. The van der Waals surface area contributed by atoms with Crippen molar-refractivity contribution in [3.63, 3.8) is 0 Å². The van der Waals surface area contributed by atoms with Crippen LogP contribution in [0.15, 0.2) is 59.3 Å². The average molecular weight is 172 g/mol. The van der Waals surface area contributed by atoms with Crippen LogP contribution in [0, 0.1) is 0 Å². The van der Waals surface area contributed by atoms with Crippen LogP contribution >= 0.6 is 0 Å². The molecule has 0 heteroatoms. The summed E-state index contributed by atoms with van der Waals surface area (Å²) in [6, 6.07) is 0. The van der Waals surface area contributed by atoms with Crippen molar-refractivity contribution in [2.24, 2.45) is 0 Å². The lowest BCUT2D eigenvalue weighted by molar-refractivity contribution is 1.32. The predicted octanol–water partition coefficient (Wildman–Crippen LogP) is 3.95. The molecule has 0 N–H and O–H groups in total. The second-order valence-electron chi connectivity index (χ2n) is 3.27. The summed E-state index contributed by atoms with van der Waals surface area (Å²) in [7, 11) is 0. The summed E-state index contributed by atoms with van der Waals surface area (Å²) in [5, 5.41) is 0. The third kappa shape index (κ3) is 2.09. The maximum atomic E-state index is 4.01. The van der Waals surface area contributed by atoms with Crippen molar-refractivity contribution in [3.05, 3.63) is 59.3 Å². The molecule has 0 spiro atoms. The number of hydrogen-bond acceptors (Lipinski definition) is 0. The molecule has 0 fully saturated rings. The summed E-state index contributed by atoms with van der Waals surface area (Å²) in [5.74, 6) is 0. The van der Waals surface area contributed by atoms with Gasteiger partial charge in [-0.1, -0.05) is 37.0 Å². The van der Waals surface area contributed by atoms with Crippen LogP contribution in [0.2, 0.25) is 0 Å².